The number of nitrogens with zero attached hydrogens (tertiary/aromatic N) is 2. The van der Waals surface area contributed by atoms with E-state index in [9.17, 15) is 9.59 Å². The first kappa shape index (κ1) is 21.7. The van der Waals surface area contributed by atoms with Crippen LogP contribution in [0.5, 0.6) is 0 Å². The molecule has 3 aromatic heterocycles. The maximum Gasteiger partial charge on any atom is 0.261 e. The normalized spacial score (nSPS) is 11.2. The van der Waals surface area contributed by atoms with Gasteiger partial charge in [0.2, 0.25) is 5.91 Å². The zero-order valence-electron chi connectivity index (χ0n) is 18.4. The van der Waals surface area contributed by atoms with Gasteiger partial charge in [-0.25, -0.2) is 9.97 Å². The number of hydrogen-bond donors (Lipinski definition) is 2. The standard InChI is InChI=1S/C24H24N4O3S/c1-13(2)22(29)27-17-8-5-7-16(11-17)12-25-23(30)20-14(3)19-15(4)26-21(28-24(19)32-20)18-9-6-10-31-18/h5-11,13H,12H2,1-4H3,(H,25,30)(H,27,29). The van der Waals surface area contributed by atoms with Crippen LogP contribution in [0.15, 0.2) is 47.1 Å². The molecule has 164 valence electrons. The van der Waals surface area contributed by atoms with Gasteiger partial charge in [-0.15, -0.1) is 11.3 Å². The van der Waals surface area contributed by atoms with E-state index in [1.54, 1.807) is 12.3 Å². The maximum absolute atomic E-state index is 12.9. The Bertz CT molecular complexity index is 1290. The Morgan fingerprint density at radius 1 is 1.12 bits per heavy atom. The molecule has 0 atom stereocenters. The molecular formula is C24H24N4O3S. The summed E-state index contributed by atoms with van der Waals surface area (Å²) < 4.78 is 5.42. The Balaban J connectivity index is 1.53. The number of anilines is 1. The molecular weight excluding hydrogens is 424 g/mol. The number of carbonyl (C=O) groups is 2. The molecule has 0 aliphatic carbocycles. The number of benzene rings is 1. The Hall–Kier alpha value is -3.52. The molecule has 0 aliphatic heterocycles. The number of aromatic nitrogens is 2. The van der Waals surface area contributed by atoms with E-state index in [-0.39, 0.29) is 17.7 Å². The number of aryl methyl sites for hydroxylation is 2. The summed E-state index contributed by atoms with van der Waals surface area (Å²) in [6.07, 6.45) is 1.58. The smallest absolute Gasteiger partial charge is 0.261 e. The molecule has 0 spiro atoms. The van der Waals surface area contributed by atoms with E-state index in [4.69, 9.17) is 4.42 Å². The predicted octanol–water partition coefficient (Wildman–Crippen LogP) is 5.09. The summed E-state index contributed by atoms with van der Waals surface area (Å²) in [5.74, 6) is 0.790. The number of hydrogen-bond acceptors (Lipinski definition) is 6. The topological polar surface area (TPSA) is 97.1 Å². The van der Waals surface area contributed by atoms with Gasteiger partial charge in [0.1, 0.15) is 4.83 Å². The third kappa shape index (κ3) is 4.40. The van der Waals surface area contributed by atoms with Gasteiger partial charge in [-0.05, 0) is 49.2 Å². The highest BCUT2D eigenvalue weighted by molar-refractivity contribution is 7.20. The minimum Gasteiger partial charge on any atom is -0.461 e. The van der Waals surface area contributed by atoms with Crippen LogP contribution < -0.4 is 10.6 Å². The van der Waals surface area contributed by atoms with Gasteiger partial charge in [-0.3, -0.25) is 9.59 Å². The van der Waals surface area contributed by atoms with Crippen molar-refractivity contribution in [1.29, 1.82) is 0 Å². The molecule has 0 radical (unpaired) electrons. The Morgan fingerprint density at radius 2 is 1.94 bits per heavy atom. The van der Waals surface area contributed by atoms with E-state index in [2.05, 4.69) is 20.6 Å². The summed E-state index contributed by atoms with van der Waals surface area (Å²) in [5.41, 5.74) is 3.28. The summed E-state index contributed by atoms with van der Waals surface area (Å²) in [6, 6.07) is 11.1. The molecule has 1 aromatic carbocycles. The largest absolute Gasteiger partial charge is 0.461 e. The number of fused-ring (bicyclic) bond motifs is 1. The van der Waals surface area contributed by atoms with Gasteiger partial charge in [0.05, 0.1) is 16.8 Å². The summed E-state index contributed by atoms with van der Waals surface area (Å²) >= 11 is 1.35. The number of amides is 2. The van der Waals surface area contributed by atoms with E-state index in [1.165, 1.54) is 11.3 Å². The van der Waals surface area contributed by atoms with E-state index >= 15 is 0 Å². The van der Waals surface area contributed by atoms with E-state index in [0.717, 1.165) is 27.0 Å². The van der Waals surface area contributed by atoms with E-state index in [0.29, 0.717) is 28.7 Å². The lowest BCUT2D eigenvalue weighted by Crippen LogP contribution is -2.22. The van der Waals surface area contributed by atoms with Crippen molar-refractivity contribution in [3.63, 3.8) is 0 Å². The molecule has 4 rings (SSSR count). The first-order chi connectivity index (χ1) is 15.3. The van der Waals surface area contributed by atoms with Gasteiger partial charge in [-0.1, -0.05) is 26.0 Å². The minimum atomic E-state index is -0.166. The summed E-state index contributed by atoms with van der Waals surface area (Å²) in [7, 11) is 0. The fraction of sp³-hybridized carbons (Fsp3) is 0.250. The molecule has 0 bridgehead atoms. The van der Waals surface area contributed by atoms with Crippen LogP contribution in [0, 0.1) is 19.8 Å². The van der Waals surface area contributed by atoms with Crippen molar-refractivity contribution in [3.05, 3.63) is 64.4 Å². The monoisotopic (exact) mass is 448 g/mol. The van der Waals surface area contributed by atoms with Gasteiger partial charge in [0.15, 0.2) is 11.6 Å². The third-order valence-corrected chi connectivity index (χ3v) is 6.28. The molecule has 3 heterocycles. The summed E-state index contributed by atoms with van der Waals surface area (Å²) in [5, 5.41) is 6.75. The fourth-order valence-corrected chi connectivity index (χ4v) is 4.53. The molecule has 0 saturated heterocycles. The molecule has 0 unspecified atom stereocenters. The van der Waals surface area contributed by atoms with Crippen LogP contribution in [0.25, 0.3) is 21.8 Å². The molecule has 2 amide bonds. The van der Waals surface area contributed by atoms with Gasteiger partial charge < -0.3 is 15.1 Å². The third-order valence-electron chi connectivity index (χ3n) is 5.09. The van der Waals surface area contributed by atoms with Gasteiger partial charge in [0, 0.05) is 23.5 Å². The number of thiophene rings is 1. The fourth-order valence-electron chi connectivity index (χ4n) is 3.38. The zero-order valence-corrected chi connectivity index (χ0v) is 19.2. The van der Waals surface area contributed by atoms with Crippen molar-refractivity contribution in [2.24, 2.45) is 5.92 Å². The molecule has 0 fully saturated rings. The van der Waals surface area contributed by atoms with Crippen LogP contribution in [0.2, 0.25) is 0 Å². The van der Waals surface area contributed by atoms with Crippen LogP contribution in [-0.2, 0) is 11.3 Å². The van der Waals surface area contributed by atoms with Crippen LogP contribution in [0.1, 0.15) is 40.3 Å². The first-order valence-electron chi connectivity index (χ1n) is 10.3. The molecule has 32 heavy (non-hydrogen) atoms. The SMILES string of the molecule is Cc1nc(-c2ccco2)nc2sc(C(=O)NCc3cccc(NC(=O)C(C)C)c3)c(C)c12. The maximum atomic E-state index is 12.9. The molecule has 8 heteroatoms. The van der Waals surface area contributed by atoms with E-state index in [1.807, 2.05) is 58.0 Å². The predicted molar refractivity (Wildman–Crippen MR) is 126 cm³/mol. The lowest BCUT2D eigenvalue weighted by Gasteiger charge is -2.10. The summed E-state index contributed by atoms with van der Waals surface area (Å²) in [4.78, 5) is 35.4. The Morgan fingerprint density at radius 3 is 2.66 bits per heavy atom. The Labute approximate surface area is 189 Å². The second-order valence-electron chi connectivity index (χ2n) is 7.87. The van der Waals surface area contributed by atoms with Crippen molar-refractivity contribution in [3.8, 4) is 11.6 Å². The van der Waals surface area contributed by atoms with Crippen molar-refractivity contribution in [2.75, 3.05) is 5.32 Å². The number of nitrogens with one attached hydrogen (secondary N) is 2. The van der Waals surface area contributed by atoms with Crippen molar-refractivity contribution < 1.29 is 14.0 Å². The lowest BCUT2D eigenvalue weighted by atomic mass is 10.1. The van der Waals surface area contributed by atoms with Crippen molar-refractivity contribution in [1.82, 2.24) is 15.3 Å². The number of rotatable bonds is 6. The van der Waals surface area contributed by atoms with Crippen LogP contribution >= 0.6 is 11.3 Å². The molecule has 7 nitrogen and oxygen atoms in total. The molecule has 0 aliphatic rings. The van der Waals surface area contributed by atoms with Crippen LogP contribution in [0.4, 0.5) is 5.69 Å². The average molecular weight is 449 g/mol. The number of carbonyl (C=O) groups excluding carboxylic acids is 2. The Kier molecular flexibility index (Phi) is 6.05. The lowest BCUT2D eigenvalue weighted by molar-refractivity contribution is -0.118. The van der Waals surface area contributed by atoms with Crippen LogP contribution in [-0.4, -0.2) is 21.8 Å². The summed E-state index contributed by atoms with van der Waals surface area (Å²) in [6.45, 7) is 7.86. The second kappa shape index (κ2) is 8.92. The minimum absolute atomic E-state index is 0.0440. The quantitative estimate of drug-likeness (QED) is 0.428. The highest BCUT2D eigenvalue weighted by Crippen LogP contribution is 2.33. The molecule has 2 N–H and O–H groups in total. The highest BCUT2D eigenvalue weighted by Gasteiger charge is 2.20. The number of furan rings is 1. The van der Waals surface area contributed by atoms with Gasteiger partial charge in [0.25, 0.3) is 5.91 Å². The molecule has 4 aromatic rings. The highest BCUT2D eigenvalue weighted by atomic mass is 32.1. The van der Waals surface area contributed by atoms with E-state index < -0.39 is 0 Å². The first-order valence-corrected chi connectivity index (χ1v) is 11.1. The van der Waals surface area contributed by atoms with Crippen LogP contribution in [0.3, 0.4) is 0 Å². The average Bonchev–Trinajstić information content (AvgIpc) is 3.41. The van der Waals surface area contributed by atoms with Gasteiger partial charge in [-0.2, -0.15) is 0 Å². The van der Waals surface area contributed by atoms with Crippen molar-refractivity contribution >= 4 is 39.1 Å². The zero-order chi connectivity index (χ0) is 22.8. The van der Waals surface area contributed by atoms with Gasteiger partial charge >= 0.3 is 0 Å². The van der Waals surface area contributed by atoms with Crippen molar-refractivity contribution in [2.45, 2.75) is 34.2 Å². The second-order valence-corrected chi connectivity index (χ2v) is 8.87. The molecule has 0 saturated carbocycles.